The van der Waals surface area contributed by atoms with Crippen molar-refractivity contribution in [3.63, 3.8) is 0 Å². The van der Waals surface area contributed by atoms with Gasteiger partial charge in [-0.1, -0.05) is 0 Å². The number of amides is 2. The molecule has 4 aromatic rings. The van der Waals surface area contributed by atoms with Crippen molar-refractivity contribution in [1.29, 1.82) is 0 Å². The number of rotatable bonds is 4. The first kappa shape index (κ1) is 40.4. The van der Waals surface area contributed by atoms with E-state index in [2.05, 4.69) is 40.5 Å². The van der Waals surface area contributed by atoms with E-state index in [1.54, 1.807) is 9.80 Å². The average Bonchev–Trinajstić information content (AvgIpc) is 3.24. The molecule has 2 amide bonds. The summed E-state index contributed by atoms with van der Waals surface area (Å²) in [4.78, 5) is 55.1. The number of carbonyl (C=O) groups excluding carboxylic acids is 2. The summed E-state index contributed by atoms with van der Waals surface area (Å²) in [5.74, 6) is 1.82. The van der Waals surface area contributed by atoms with Gasteiger partial charge in [0.2, 0.25) is 11.9 Å². The second-order valence-corrected chi connectivity index (χ2v) is 17.8. The van der Waals surface area contributed by atoms with Crippen LogP contribution in [0.25, 0.3) is 22.1 Å². The molecule has 2 aliphatic heterocycles. The Labute approximate surface area is 328 Å². The van der Waals surface area contributed by atoms with Gasteiger partial charge in [-0.05, 0) is 125 Å². The number of nitrogens with zero attached hydrogens (tertiary/aromatic N) is 8. The predicted molar refractivity (Wildman–Crippen MR) is 218 cm³/mol. The Hall–Kier alpha value is -5.28. The van der Waals surface area contributed by atoms with Crippen LogP contribution < -0.4 is 22.1 Å². The Morgan fingerprint density at radius 2 is 1.16 bits per heavy atom. The minimum atomic E-state index is -0.510. The van der Waals surface area contributed by atoms with Crippen LogP contribution in [0.5, 0.6) is 0 Å². The molecule has 1 saturated carbocycles. The summed E-state index contributed by atoms with van der Waals surface area (Å²) >= 11 is 0. The Kier molecular flexibility index (Phi) is 11.1. The SMILES string of the molecule is Cc1cc(C)c2c(N)nc(NC3CC4(C3)CN(C(=O)OC(C)(C)C)C4)nc2n1.Cc1cc(C)c2c(N)nc(NC3CCCCN(C(=O)OC(C)(C)C)C3)nc2n1. The van der Waals surface area contributed by atoms with E-state index in [1.807, 2.05) is 81.4 Å². The number of likely N-dealkylation sites (tertiary alicyclic amines) is 2. The van der Waals surface area contributed by atoms with Gasteiger partial charge in [0.1, 0.15) is 22.8 Å². The highest BCUT2D eigenvalue weighted by atomic mass is 16.6. The van der Waals surface area contributed by atoms with Gasteiger partial charge in [0.25, 0.3) is 0 Å². The zero-order valence-corrected chi connectivity index (χ0v) is 34.5. The number of pyridine rings is 2. The topological polar surface area (TPSA) is 213 Å². The summed E-state index contributed by atoms with van der Waals surface area (Å²) in [6.07, 6.45) is 4.32. The first-order chi connectivity index (χ1) is 26.2. The van der Waals surface area contributed by atoms with Crippen LogP contribution in [0, 0.1) is 33.1 Å². The second-order valence-electron chi connectivity index (χ2n) is 17.8. The first-order valence-corrected chi connectivity index (χ1v) is 19.5. The smallest absolute Gasteiger partial charge is 0.410 e. The highest BCUT2D eigenvalue weighted by molar-refractivity contribution is 5.90. The van der Waals surface area contributed by atoms with Gasteiger partial charge in [-0.3, -0.25) is 0 Å². The van der Waals surface area contributed by atoms with Crippen molar-refractivity contribution >= 4 is 57.8 Å². The average molecular weight is 771 g/mol. The van der Waals surface area contributed by atoms with Crippen LogP contribution in [0.2, 0.25) is 0 Å². The molecular formula is C40H58N12O4. The number of carbonyl (C=O) groups is 2. The summed E-state index contributed by atoms with van der Waals surface area (Å²) in [6, 6.07) is 4.26. The number of nitrogens with one attached hydrogen (secondary N) is 2. The molecule has 0 aromatic carbocycles. The Balaban J connectivity index is 0.000000190. The lowest BCUT2D eigenvalue weighted by Crippen LogP contribution is -2.66. The van der Waals surface area contributed by atoms with Crippen LogP contribution in [0.4, 0.5) is 33.1 Å². The van der Waals surface area contributed by atoms with E-state index in [1.165, 1.54) is 0 Å². The molecule has 4 aromatic heterocycles. The fourth-order valence-electron chi connectivity index (χ4n) is 7.83. The van der Waals surface area contributed by atoms with Crippen LogP contribution in [0.15, 0.2) is 12.1 Å². The fourth-order valence-corrected chi connectivity index (χ4v) is 7.83. The summed E-state index contributed by atoms with van der Waals surface area (Å²) < 4.78 is 11.0. The van der Waals surface area contributed by atoms with Crippen molar-refractivity contribution in [2.45, 2.75) is 125 Å². The molecule has 16 nitrogen and oxygen atoms in total. The molecule has 3 aliphatic rings. The van der Waals surface area contributed by atoms with E-state index < -0.39 is 11.2 Å². The summed E-state index contributed by atoms with van der Waals surface area (Å²) in [5, 5.41) is 8.33. The number of anilines is 4. The van der Waals surface area contributed by atoms with Crippen molar-refractivity contribution in [2.75, 3.05) is 48.3 Å². The van der Waals surface area contributed by atoms with Crippen LogP contribution in [-0.4, -0.2) is 101 Å². The third-order valence-corrected chi connectivity index (χ3v) is 10.1. The molecule has 3 fully saturated rings. The van der Waals surface area contributed by atoms with E-state index in [9.17, 15) is 9.59 Å². The zero-order valence-electron chi connectivity index (χ0n) is 34.5. The zero-order chi connectivity index (χ0) is 40.7. The van der Waals surface area contributed by atoms with E-state index in [0.29, 0.717) is 47.9 Å². The van der Waals surface area contributed by atoms with Crippen molar-refractivity contribution in [3.05, 3.63) is 34.6 Å². The molecule has 0 bridgehead atoms. The monoisotopic (exact) mass is 770 g/mol. The van der Waals surface area contributed by atoms with Crippen molar-refractivity contribution in [1.82, 2.24) is 39.7 Å². The number of hydrogen-bond acceptors (Lipinski definition) is 14. The normalized spacial score (nSPS) is 18.4. The van der Waals surface area contributed by atoms with Crippen LogP contribution in [0.1, 0.15) is 96.2 Å². The van der Waals surface area contributed by atoms with Gasteiger partial charge in [-0.2, -0.15) is 19.9 Å². The number of fused-ring (bicyclic) bond motifs is 2. The van der Waals surface area contributed by atoms with Crippen LogP contribution >= 0.6 is 0 Å². The van der Waals surface area contributed by atoms with Gasteiger partial charge >= 0.3 is 12.2 Å². The first-order valence-electron chi connectivity index (χ1n) is 19.5. The van der Waals surface area contributed by atoms with Gasteiger partial charge in [-0.25, -0.2) is 19.6 Å². The van der Waals surface area contributed by atoms with E-state index in [4.69, 9.17) is 20.9 Å². The van der Waals surface area contributed by atoms with E-state index in [0.717, 1.165) is 78.5 Å². The van der Waals surface area contributed by atoms with Crippen molar-refractivity contribution in [3.8, 4) is 0 Å². The van der Waals surface area contributed by atoms with Gasteiger partial charge in [0.15, 0.2) is 11.3 Å². The maximum Gasteiger partial charge on any atom is 0.410 e. The number of nitrogen functional groups attached to an aromatic ring is 2. The second kappa shape index (κ2) is 15.3. The summed E-state index contributed by atoms with van der Waals surface area (Å²) in [7, 11) is 0. The fraction of sp³-hybridized carbons (Fsp3) is 0.600. The molecular weight excluding hydrogens is 713 g/mol. The van der Waals surface area contributed by atoms with Crippen molar-refractivity contribution < 1.29 is 19.1 Å². The Bertz CT molecular complexity index is 2120. The molecule has 1 atom stereocenters. The predicted octanol–water partition coefficient (Wildman–Crippen LogP) is 6.46. The minimum absolute atomic E-state index is 0.0257. The lowest BCUT2D eigenvalue weighted by Gasteiger charge is -2.58. The summed E-state index contributed by atoms with van der Waals surface area (Å²) in [5.41, 5.74) is 16.6. The molecule has 302 valence electrons. The van der Waals surface area contributed by atoms with Gasteiger partial charge < -0.3 is 41.4 Å². The summed E-state index contributed by atoms with van der Waals surface area (Å²) in [6.45, 7) is 21.9. The molecule has 1 spiro atoms. The molecule has 1 aliphatic carbocycles. The Morgan fingerprint density at radius 3 is 1.64 bits per heavy atom. The molecule has 56 heavy (non-hydrogen) atoms. The number of ether oxygens (including phenoxy) is 2. The molecule has 0 radical (unpaired) electrons. The van der Waals surface area contributed by atoms with Gasteiger partial charge in [0, 0.05) is 55.1 Å². The highest BCUT2D eigenvalue weighted by Gasteiger charge is 2.54. The maximum atomic E-state index is 12.5. The third kappa shape index (κ3) is 9.56. The number of aromatic nitrogens is 6. The molecule has 16 heteroatoms. The number of hydrogen-bond donors (Lipinski definition) is 4. The molecule has 2 saturated heterocycles. The maximum absolute atomic E-state index is 12.5. The van der Waals surface area contributed by atoms with Gasteiger partial charge in [0.05, 0.1) is 10.8 Å². The molecule has 6 N–H and O–H groups in total. The minimum Gasteiger partial charge on any atom is -0.444 e. The van der Waals surface area contributed by atoms with Crippen LogP contribution in [0.3, 0.4) is 0 Å². The molecule has 6 heterocycles. The Morgan fingerprint density at radius 1 is 0.696 bits per heavy atom. The lowest BCUT2D eigenvalue weighted by atomic mass is 9.61. The van der Waals surface area contributed by atoms with E-state index in [-0.39, 0.29) is 29.7 Å². The molecule has 7 rings (SSSR count). The lowest BCUT2D eigenvalue weighted by molar-refractivity contribution is -0.0739. The highest BCUT2D eigenvalue weighted by Crippen LogP contribution is 2.49. The van der Waals surface area contributed by atoms with Crippen LogP contribution in [-0.2, 0) is 9.47 Å². The van der Waals surface area contributed by atoms with Gasteiger partial charge in [-0.15, -0.1) is 0 Å². The quantitative estimate of drug-likeness (QED) is 0.175. The van der Waals surface area contributed by atoms with Crippen molar-refractivity contribution in [2.24, 2.45) is 5.41 Å². The number of nitrogens with two attached hydrogens (primary N) is 2. The standard InChI is InChI=1S/C20H28N6O2.C20H30N6O2/c1-11-6-12(2)22-16-14(11)15(21)24-17(25-16)23-13-7-20(8-13)9-26(10-20)18(27)28-19(3,4)5;1-12-10-13(2)22-17-15(12)16(21)24-18(25-17)23-14-8-6-7-9-26(11-14)19(27)28-20(3,4)5/h6,13H,7-10H2,1-5H3,(H3,21,22,23,24,25);10,14H,6-9,11H2,1-5H3,(H3,21,22,23,24,25). The third-order valence-electron chi connectivity index (χ3n) is 10.1. The number of aryl methyl sites for hydroxylation is 4. The largest absolute Gasteiger partial charge is 0.444 e. The van der Waals surface area contributed by atoms with E-state index >= 15 is 0 Å². The molecule has 1 unspecified atom stereocenters.